The first kappa shape index (κ1) is 15.4. The summed E-state index contributed by atoms with van der Waals surface area (Å²) in [5.41, 5.74) is 7.55. The largest absolute Gasteiger partial charge is 0.368 e. The number of nitrogens with two attached hydrogens (primary N) is 1. The molecular formula is C14H19N5OS. The van der Waals surface area contributed by atoms with E-state index in [2.05, 4.69) is 20.3 Å². The van der Waals surface area contributed by atoms with Gasteiger partial charge in [0.15, 0.2) is 0 Å². The third-order valence-corrected chi connectivity index (χ3v) is 3.81. The summed E-state index contributed by atoms with van der Waals surface area (Å²) in [7, 11) is 0. The van der Waals surface area contributed by atoms with Crippen LogP contribution >= 0.6 is 11.3 Å². The van der Waals surface area contributed by atoms with Crippen molar-refractivity contribution in [2.24, 2.45) is 0 Å². The van der Waals surface area contributed by atoms with E-state index in [-0.39, 0.29) is 29.5 Å². The number of amides is 1. The molecule has 2 aromatic heterocycles. The van der Waals surface area contributed by atoms with Crippen LogP contribution in [0.25, 0.3) is 0 Å². The van der Waals surface area contributed by atoms with Gasteiger partial charge in [-0.05, 0) is 25.8 Å². The molecule has 0 aliphatic heterocycles. The Bertz CT molecular complexity index is 653. The van der Waals surface area contributed by atoms with E-state index in [0.29, 0.717) is 0 Å². The minimum Gasteiger partial charge on any atom is -0.368 e. The summed E-state index contributed by atoms with van der Waals surface area (Å²) in [5.74, 6) is 0.0214. The van der Waals surface area contributed by atoms with Crippen molar-refractivity contribution in [3.8, 4) is 0 Å². The number of anilines is 1. The highest BCUT2D eigenvalue weighted by atomic mass is 32.1. The third-order valence-electron chi connectivity index (χ3n) is 3.02. The highest BCUT2D eigenvalue weighted by Crippen LogP contribution is 2.17. The molecule has 112 valence electrons. The minimum atomic E-state index is -0.274. The molecule has 0 aliphatic carbocycles. The van der Waals surface area contributed by atoms with Crippen molar-refractivity contribution in [3.05, 3.63) is 33.5 Å². The number of aromatic nitrogens is 3. The molecule has 1 amide bonds. The summed E-state index contributed by atoms with van der Waals surface area (Å²) in [5, 5.41) is 5.79. The molecule has 0 aromatic carbocycles. The summed E-state index contributed by atoms with van der Waals surface area (Å²) in [6, 6.07) is 1.50. The lowest BCUT2D eigenvalue weighted by Crippen LogP contribution is -2.28. The van der Waals surface area contributed by atoms with Gasteiger partial charge >= 0.3 is 0 Å². The predicted octanol–water partition coefficient (Wildman–Crippen LogP) is 2.44. The van der Waals surface area contributed by atoms with E-state index in [0.717, 1.165) is 16.4 Å². The molecule has 0 fully saturated rings. The van der Waals surface area contributed by atoms with E-state index >= 15 is 0 Å². The fourth-order valence-corrected chi connectivity index (χ4v) is 2.53. The first-order valence-corrected chi connectivity index (χ1v) is 7.62. The van der Waals surface area contributed by atoms with Gasteiger partial charge in [0.25, 0.3) is 5.91 Å². The van der Waals surface area contributed by atoms with Crippen molar-refractivity contribution in [3.63, 3.8) is 0 Å². The van der Waals surface area contributed by atoms with Gasteiger partial charge in [0.1, 0.15) is 5.69 Å². The van der Waals surface area contributed by atoms with Crippen molar-refractivity contribution >= 4 is 23.2 Å². The first-order valence-electron chi connectivity index (χ1n) is 6.74. The van der Waals surface area contributed by atoms with Crippen LogP contribution in [0.5, 0.6) is 0 Å². The number of nitrogens with one attached hydrogen (secondary N) is 1. The molecule has 0 saturated heterocycles. The second-order valence-corrected chi connectivity index (χ2v) is 6.24. The Labute approximate surface area is 127 Å². The monoisotopic (exact) mass is 305 g/mol. The summed E-state index contributed by atoms with van der Waals surface area (Å²) in [6.07, 6.45) is 0. The average Bonchev–Trinajstić information content (AvgIpc) is 2.84. The molecule has 7 heteroatoms. The number of hydrogen-bond donors (Lipinski definition) is 2. The molecule has 21 heavy (non-hydrogen) atoms. The summed E-state index contributed by atoms with van der Waals surface area (Å²) >= 11 is 1.56. The van der Waals surface area contributed by atoms with Gasteiger partial charge in [0.05, 0.1) is 16.7 Å². The van der Waals surface area contributed by atoms with E-state index in [1.54, 1.807) is 17.4 Å². The summed E-state index contributed by atoms with van der Waals surface area (Å²) in [6.45, 7) is 7.80. The normalized spacial score (nSPS) is 12.4. The van der Waals surface area contributed by atoms with Gasteiger partial charge in [-0.2, -0.15) is 0 Å². The van der Waals surface area contributed by atoms with Crippen LogP contribution in [0.2, 0.25) is 0 Å². The van der Waals surface area contributed by atoms with E-state index in [4.69, 9.17) is 5.73 Å². The molecule has 2 heterocycles. The summed E-state index contributed by atoms with van der Waals surface area (Å²) < 4.78 is 0. The molecule has 0 aliphatic rings. The fraction of sp³-hybridized carbons (Fsp3) is 0.429. The van der Waals surface area contributed by atoms with Crippen LogP contribution in [-0.4, -0.2) is 20.9 Å². The number of aryl methyl sites for hydroxylation is 1. The molecule has 0 spiro atoms. The molecule has 3 N–H and O–H groups in total. The SMILES string of the molecule is Cc1nc([C@@H](C)NC(=O)c2cc(C(C)C)nc(N)n2)cs1. The molecule has 0 radical (unpaired) electrons. The van der Waals surface area contributed by atoms with Gasteiger partial charge in [0, 0.05) is 11.1 Å². The lowest BCUT2D eigenvalue weighted by molar-refractivity contribution is 0.0934. The highest BCUT2D eigenvalue weighted by Gasteiger charge is 2.16. The summed E-state index contributed by atoms with van der Waals surface area (Å²) in [4.78, 5) is 24.8. The zero-order valence-electron chi connectivity index (χ0n) is 12.5. The zero-order valence-corrected chi connectivity index (χ0v) is 13.4. The van der Waals surface area contributed by atoms with E-state index in [9.17, 15) is 4.79 Å². The minimum absolute atomic E-state index is 0.114. The van der Waals surface area contributed by atoms with Crippen molar-refractivity contribution in [2.45, 2.75) is 39.7 Å². The van der Waals surface area contributed by atoms with Crippen molar-refractivity contribution in [2.75, 3.05) is 5.73 Å². The lowest BCUT2D eigenvalue weighted by Gasteiger charge is -2.12. The van der Waals surface area contributed by atoms with Gasteiger partial charge in [-0.1, -0.05) is 13.8 Å². The predicted molar refractivity (Wildman–Crippen MR) is 83.3 cm³/mol. The Kier molecular flexibility index (Phi) is 4.52. The maximum atomic E-state index is 12.3. The Morgan fingerprint density at radius 2 is 1.95 bits per heavy atom. The first-order chi connectivity index (χ1) is 9.86. The van der Waals surface area contributed by atoms with Crippen LogP contribution < -0.4 is 11.1 Å². The van der Waals surface area contributed by atoms with Gasteiger partial charge in [-0.3, -0.25) is 4.79 Å². The van der Waals surface area contributed by atoms with Gasteiger partial charge in [0.2, 0.25) is 5.95 Å². The number of rotatable bonds is 4. The molecule has 0 unspecified atom stereocenters. The van der Waals surface area contributed by atoms with Gasteiger partial charge in [-0.15, -0.1) is 11.3 Å². The molecule has 2 rings (SSSR count). The van der Waals surface area contributed by atoms with Crippen LogP contribution in [0.3, 0.4) is 0 Å². The lowest BCUT2D eigenvalue weighted by atomic mass is 10.1. The Hall–Kier alpha value is -2.02. The molecule has 0 bridgehead atoms. The molecule has 6 nitrogen and oxygen atoms in total. The molecule has 0 saturated carbocycles. The number of nitrogens with zero attached hydrogens (tertiary/aromatic N) is 3. The van der Waals surface area contributed by atoms with E-state index in [1.807, 2.05) is 33.1 Å². The third kappa shape index (κ3) is 3.75. The standard InChI is InChI=1S/C14H19N5OS/c1-7(2)10-5-11(19-14(15)18-10)13(20)16-8(3)12-6-21-9(4)17-12/h5-8H,1-4H3,(H,16,20)(H2,15,18,19)/t8-/m1/s1. The quantitative estimate of drug-likeness (QED) is 0.904. The van der Waals surface area contributed by atoms with Gasteiger partial charge in [-0.25, -0.2) is 15.0 Å². The highest BCUT2D eigenvalue weighted by molar-refractivity contribution is 7.09. The average molecular weight is 305 g/mol. The number of nitrogen functional groups attached to an aromatic ring is 1. The Balaban J connectivity index is 2.16. The second kappa shape index (κ2) is 6.17. The second-order valence-electron chi connectivity index (χ2n) is 5.18. The van der Waals surface area contributed by atoms with Gasteiger partial charge < -0.3 is 11.1 Å². The maximum absolute atomic E-state index is 12.3. The van der Waals surface area contributed by atoms with Crippen LogP contribution in [0.15, 0.2) is 11.4 Å². The van der Waals surface area contributed by atoms with E-state index in [1.165, 1.54) is 0 Å². The number of thiazole rings is 1. The van der Waals surface area contributed by atoms with Crippen molar-refractivity contribution in [1.82, 2.24) is 20.3 Å². The molecular weight excluding hydrogens is 286 g/mol. The maximum Gasteiger partial charge on any atom is 0.270 e. The topological polar surface area (TPSA) is 93.8 Å². The molecule has 2 aromatic rings. The van der Waals surface area contributed by atoms with Crippen LogP contribution in [0, 0.1) is 6.92 Å². The number of carbonyl (C=O) groups excluding carboxylic acids is 1. The van der Waals surface area contributed by atoms with Crippen LogP contribution in [-0.2, 0) is 0 Å². The Morgan fingerprint density at radius 1 is 1.24 bits per heavy atom. The Morgan fingerprint density at radius 3 is 2.52 bits per heavy atom. The van der Waals surface area contributed by atoms with E-state index < -0.39 is 0 Å². The van der Waals surface area contributed by atoms with Crippen LogP contribution in [0.1, 0.15) is 59.6 Å². The zero-order chi connectivity index (χ0) is 15.6. The number of carbonyl (C=O) groups is 1. The van der Waals surface area contributed by atoms with Crippen LogP contribution in [0.4, 0.5) is 5.95 Å². The van der Waals surface area contributed by atoms with Crippen molar-refractivity contribution < 1.29 is 4.79 Å². The molecule has 1 atom stereocenters. The van der Waals surface area contributed by atoms with Crippen molar-refractivity contribution in [1.29, 1.82) is 0 Å². The smallest absolute Gasteiger partial charge is 0.270 e. The fourth-order valence-electron chi connectivity index (χ4n) is 1.82. The number of hydrogen-bond acceptors (Lipinski definition) is 6.